The molecule has 9 nitrogen and oxygen atoms in total. The Kier molecular flexibility index (Phi) is 5.12. The summed E-state index contributed by atoms with van der Waals surface area (Å²) in [5.74, 6) is -1.17. The number of carboxylic acids is 1. The summed E-state index contributed by atoms with van der Waals surface area (Å²) in [5, 5.41) is 22.4. The summed E-state index contributed by atoms with van der Waals surface area (Å²) < 4.78 is 5.04. The number of hydrogen-bond donors (Lipinski definition) is 2. The molecule has 1 aliphatic rings. The zero-order valence-electron chi connectivity index (χ0n) is 12.5. The number of carbonyl (C=O) groups excluding carboxylic acids is 1. The number of anilines is 1. The Morgan fingerprint density at radius 2 is 2.26 bits per heavy atom. The van der Waals surface area contributed by atoms with Crippen molar-refractivity contribution in [3.05, 3.63) is 28.3 Å². The smallest absolute Gasteiger partial charge is 0.320 e. The normalized spacial score (nSPS) is 17.7. The Morgan fingerprint density at radius 1 is 1.52 bits per heavy atom. The monoisotopic (exact) mass is 323 g/mol. The highest BCUT2D eigenvalue weighted by Gasteiger charge is 2.31. The lowest BCUT2D eigenvalue weighted by molar-refractivity contribution is -0.384. The van der Waals surface area contributed by atoms with Crippen LogP contribution in [0.15, 0.2) is 18.2 Å². The van der Waals surface area contributed by atoms with Crippen molar-refractivity contribution in [2.75, 3.05) is 25.5 Å². The van der Waals surface area contributed by atoms with Gasteiger partial charge in [0.25, 0.3) is 5.69 Å². The minimum Gasteiger partial charge on any atom is -0.494 e. The Labute approximate surface area is 132 Å². The van der Waals surface area contributed by atoms with E-state index in [1.54, 1.807) is 4.90 Å². The summed E-state index contributed by atoms with van der Waals surface area (Å²) in [4.78, 5) is 35.0. The third-order valence-corrected chi connectivity index (χ3v) is 3.67. The van der Waals surface area contributed by atoms with E-state index < -0.39 is 22.8 Å². The highest BCUT2D eigenvalue weighted by atomic mass is 16.6. The number of hydrogen-bond acceptors (Lipinski definition) is 6. The Balaban J connectivity index is 2.05. The summed E-state index contributed by atoms with van der Waals surface area (Å²) in [6, 6.07) is 3.20. The summed E-state index contributed by atoms with van der Waals surface area (Å²) >= 11 is 0. The number of non-ortho nitro benzene ring substituents is 1. The SMILES string of the molecule is COc1cc([N+](=O)[O-])ccc1NC(=O)CN1CCC[C@H]1C(=O)O. The van der Waals surface area contributed by atoms with Crippen LogP contribution in [-0.4, -0.2) is 53.0 Å². The van der Waals surface area contributed by atoms with E-state index in [4.69, 9.17) is 9.84 Å². The van der Waals surface area contributed by atoms with Crippen molar-refractivity contribution < 1.29 is 24.4 Å². The van der Waals surface area contributed by atoms with Crippen molar-refractivity contribution in [2.24, 2.45) is 0 Å². The van der Waals surface area contributed by atoms with Crippen LogP contribution in [0.1, 0.15) is 12.8 Å². The average molecular weight is 323 g/mol. The molecule has 1 fully saturated rings. The van der Waals surface area contributed by atoms with Crippen molar-refractivity contribution in [2.45, 2.75) is 18.9 Å². The topological polar surface area (TPSA) is 122 Å². The second-order valence-corrected chi connectivity index (χ2v) is 5.16. The quantitative estimate of drug-likeness (QED) is 0.593. The van der Waals surface area contributed by atoms with Gasteiger partial charge in [-0.3, -0.25) is 24.6 Å². The minimum atomic E-state index is -0.941. The molecule has 0 saturated carbocycles. The number of nitro groups is 1. The molecule has 2 rings (SSSR count). The molecule has 0 aromatic heterocycles. The molecule has 1 aromatic carbocycles. The van der Waals surface area contributed by atoms with E-state index >= 15 is 0 Å². The molecule has 9 heteroatoms. The van der Waals surface area contributed by atoms with Crippen LogP contribution in [0.5, 0.6) is 5.75 Å². The van der Waals surface area contributed by atoms with E-state index in [-0.39, 0.29) is 18.0 Å². The van der Waals surface area contributed by atoms with Gasteiger partial charge in [-0.05, 0) is 25.5 Å². The van der Waals surface area contributed by atoms with Gasteiger partial charge in [-0.2, -0.15) is 0 Å². The standard InChI is InChI=1S/C14H17N3O6/c1-23-12-7-9(17(21)22)4-5-10(12)15-13(18)8-16-6-2-3-11(16)14(19)20/h4-5,7,11H,2-3,6,8H2,1H3,(H,15,18)(H,19,20)/t11-/m0/s1. The maximum absolute atomic E-state index is 12.1. The molecule has 0 radical (unpaired) electrons. The molecule has 23 heavy (non-hydrogen) atoms. The molecule has 0 unspecified atom stereocenters. The van der Waals surface area contributed by atoms with Gasteiger partial charge in [0, 0.05) is 6.07 Å². The van der Waals surface area contributed by atoms with Crippen molar-refractivity contribution in [3.8, 4) is 5.75 Å². The number of amides is 1. The van der Waals surface area contributed by atoms with Crippen molar-refractivity contribution in [3.63, 3.8) is 0 Å². The van der Waals surface area contributed by atoms with Gasteiger partial charge in [0.15, 0.2) is 0 Å². The van der Waals surface area contributed by atoms with E-state index in [2.05, 4.69) is 5.32 Å². The predicted octanol–water partition coefficient (Wildman–Crippen LogP) is 1.09. The number of methoxy groups -OCH3 is 1. The number of rotatable bonds is 6. The maximum Gasteiger partial charge on any atom is 0.320 e. The van der Waals surface area contributed by atoms with Gasteiger partial charge in [0.05, 0.1) is 30.3 Å². The molecule has 1 atom stereocenters. The van der Waals surface area contributed by atoms with Crippen molar-refractivity contribution >= 4 is 23.3 Å². The zero-order chi connectivity index (χ0) is 17.0. The molecule has 0 aliphatic carbocycles. The molecule has 1 aromatic rings. The van der Waals surface area contributed by atoms with Crippen molar-refractivity contribution in [1.29, 1.82) is 0 Å². The Morgan fingerprint density at radius 3 is 2.87 bits per heavy atom. The first kappa shape index (κ1) is 16.7. The first-order chi connectivity index (χ1) is 10.9. The number of aliphatic carboxylic acids is 1. The van der Waals surface area contributed by atoms with Crippen LogP contribution in [0.25, 0.3) is 0 Å². The number of nitro benzene ring substituents is 1. The first-order valence-corrected chi connectivity index (χ1v) is 7.01. The fourth-order valence-corrected chi connectivity index (χ4v) is 2.57. The lowest BCUT2D eigenvalue weighted by Gasteiger charge is -2.20. The summed E-state index contributed by atoms with van der Waals surface area (Å²) in [7, 11) is 1.34. The van der Waals surface area contributed by atoms with E-state index in [1.807, 2.05) is 0 Å². The molecular formula is C14H17N3O6. The predicted molar refractivity (Wildman–Crippen MR) is 80.5 cm³/mol. The highest BCUT2D eigenvalue weighted by Crippen LogP contribution is 2.29. The molecule has 0 bridgehead atoms. The van der Waals surface area contributed by atoms with Crippen LogP contribution >= 0.6 is 0 Å². The number of nitrogens with one attached hydrogen (secondary N) is 1. The molecule has 1 saturated heterocycles. The van der Waals surface area contributed by atoms with Crippen molar-refractivity contribution in [1.82, 2.24) is 4.90 Å². The zero-order valence-corrected chi connectivity index (χ0v) is 12.5. The molecule has 2 N–H and O–H groups in total. The molecule has 124 valence electrons. The molecular weight excluding hydrogens is 306 g/mol. The first-order valence-electron chi connectivity index (χ1n) is 7.01. The van der Waals surface area contributed by atoms with Gasteiger partial charge < -0.3 is 15.2 Å². The summed E-state index contributed by atoms with van der Waals surface area (Å²) in [6.07, 6.45) is 1.24. The Hall–Kier alpha value is -2.68. The lowest BCUT2D eigenvalue weighted by atomic mass is 10.2. The fraction of sp³-hybridized carbons (Fsp3) is 0.429. The van der Waals surface area contributed by atoms with Crippen LogP contribution < -0.4 is 10.1 Å². The molecule has 1 amide bonds. The van der Waals surface area contributed by atoms with Gasteiger partial charge in [-0.25, -0.2) is 0 Å². The molecule has 0 spiro atoms. The van der Waals surface area contributed by atoms with Gasteiger partial charge >= 0.3 is 5.97 Å². The second kappa shape index (κ2) is 7.05. The number of benzene rings is 1. The van der Waals surface area contributed by atoms with E-state index in [9.17, 15) is 19.7 Å². The van der Waals surface area contributed by atoms with Gasteiger partial charge in [0.2, 0.25) is 5.91 Å². The van der Waals surface area contributed by atoms with E-state index in [1.165, 1.54) is 25.3 Å². The molecule has 1 heterocycles. The maximum atomic E-state index is 12.1. The number of carboxylic acid groups (broad SMARTS) is 1. The second-order valence-electron chi connectivity index (χ2n) is 5.16. The largest absolute Gasteiger partial charge is 0.494 e. The van der Waals surface area contributed by atoms with Gasteiger partial charge in [-0.15, -0.1) is 0 Å². The number of likely N-dealkylation sites (tertiary alicyclic amines) is 1. The van der Waals surface area contributed by atoms with Crippen LogP contribution in [0.4, 0.5) is 11.4 Å². The fourth-order valence-electron chi connectivity index (χ4n) is 2.57. The number of ether oxygens (including phenoxy) is 1. The van der Waals surface area contributed by atoms with Gasteiger partial charge in [-0.1, -0.05) is 0 Å². The van der Waals surface area contributed by atoms with Gasteiger partial charge in [0.1, 0.15) is 11.8 Å². The summed E-state index contributed by atoms with van der Waals surface area (Å²) in [5.41, 5.74) is 0.152. The van der Waals surface area contributed by atoms with Crippen LogP contribution in [0.3, 0.4) is 0 Å². The Bertz CT molecular complexity index is 633. The number of carbonyl (C=O) groups is 2. The van der Waals surface area contributed by atoms with Crippen LogP contribution in [0.2, 0.25) is 0 Å². The van der Waals surface area contributed by atoms with E-state index in [0.29, 0.717) is 18.7 Å². The van der Waals surface area contributed by atoms with E-state index in [0.717, 1.165) is 6.42 Å². The number of nitrogens with zero attached hydrogens (tertiary/aromatic N) is 2. The van der Waals surface area contributed by atoms with Crippen LogP contribution in [0, 0.1) is 10.1 Å². The third-order valence-electron chi connectivity index (χ3n) is 3.67. The highest BCUT2D eigenvalue weighted by molar-refractivity contribution is 5.94. The third kappa shape index (κ3) is 3.95. The minimum absolute atomic E-state index is 0.0584. The average Bonchev–Trinajstić information content (AvgIpc) is 2.95. The van der Waals surface area contributed by atoms with Crippen LogP contribution in [-0.2, 0) is 9.59 Å². The lowest BCUT2D eigenvalue weighted by Crippen LogP contribution is -2.40. The summed E-state index contributed by atoms with van der Waals surface area (Å²) in [6.45, 7) is 0.485. The molecule has 1 aliphatic heterocycles.